The van der Waals surface area contributed by atoms with Crippen LogP contribution in [0.1, 0.15) is 22.3 Å². The van der Waals surface area contributed by atoms with Gasteiger partial charge in [0, 0.05) is 26.3 Å². The van der Waals surface area contributed by atoms with Crippen LogP contribution >= 0.6 is 11.8 Å². The van der Waals surface area contributed by atoms with E-state index in [-0.39, 0.29) is 0 Å². The SMILES string of the molecule is c1ccc(-n2c3ccccc3c3c(-c4ccc(C5(c6ccccc6)c6c(ccc7ccccc67)Sc6ccc7ccccc7c65)cc4)cccc32)cc1. The summed E-state index contributed by atoms with van der Waals surface area (Å²) in [6.07, 6.45) is 0. The second-order valence-electron chi connectivity index (χ2n) is 14.0. The maximum absolute atomic E-state index is 2.41. The van der Waals surface area contributed by atoms with E-state index in [9.17, 15) is 0 Å². The molecule has 1 nitrogen and oxygen atoms in total. The Morgan fingerprint density at radius 3 is 1.57 bits per heavy atom. The van der Waals surface area contributed by atoms with Crippen LogP contribution in [0.15, 0.2) is 210 Å². The Bertz CT molecular complexity index is 2930. The molecule has 0 atom stereocenters. The number of nitrogens with zero attached hydrogens (tertiary/aromatic N) is 1. The third-order valence-corrected chi connectivity index (χ3v) is 12.4. The highest BCUT2D eigenvalue weighted by molar-refractivity contribution is 7.99. The van der Waals surface area contributed by atoms with Crippen molar-refractivity contribution in [1.82, 2.24) is 4.57 Å². The zero-order valence-electron chi connectivity index (χ0n) is 28.9. The van der Waals surface area contributed by atoms with E-state index < -0.39 is 5.41 Å². The molecule has 0 saturated heterocycles. The van der Waals surface area contributed by atoms with Gasteiger partial charge in [0.15, 0.2) is 0 Å². The van der Waals surface area contributed by atoms with Crippen molar-refractivity contribution in [3.63, 3.8) is 0 Å². The average molecular weight is 692 g/mol. The fraction of sp³-hybridized carbons (Fsp3) is 0.0196. The van der Waals surface area contributed by atoms with E-state index in [1.807, 2.05) is 11.8 Å². The second-order valence-corrected chi connectivity index (χ2v) is 15.1. The van der Waals surface area contributed by atoms with Gasteiger partial charge >= 0.3 is 0 Å². The van der Waals surface area contributed by atoms with E-state index >= 15 is 0 Å². The highest BCUT2D eigenvalue weighted by atomic mass is 32.2. The predicted octanol–water partition coefficient (Wildman–Crippen LogP) is 13.6. The standard InChI is InChI=1S/C51H33NS/c1-3-16-37(17-4-1)51(49-41-20-9-7-14-34(41)28-32-46(49)53-47-33-29-35-15-8-10-21-42(35)50(47)51)38-30-26-36(27-31-38)40-23-13-25-45-48(40)43-22-11-12-24-44(43)52(45)39-18-5-2-6-19-39/h1-33H. The summed E-state index contributed by atoms with van der Waals surface area (Å²) in [4.78, 5) is 2.61. The van der Waals surface area contributed by atoms with Gasteiger partial charge < -0.3 is 4.57 Å². The van der Waals surface area contributed by atoms with E-state index in [0.29, 0.717) is 0 Å². The molecule has 0 N–H and O–H groups in total. The number of hydrogen-bond acceptors (Lipinski definition) is 1. The summed E-state index contributed by atoms with van der Waals surface area (Å²) >= 11 is 1.90. The number of rotatable bonds is 4. The molecule has 0 spiro atoms. The van der Waals surface area contributed by atoms with Gasteiger partial charge in [-0.05, 0) is 91.3 Å². The minimum Gasteiger partial charge on any atom is -0.309 e. The minimum atomic E-state index is -0.563. The Kier molecular flexibility index (Phi) is 6.77. The Morgan fingerprint density at radius 1 is 0.377 bits per heavy atom. The maximum Gasteiger partial charge on any atom is 0.0735 e. The van der Waals surface area contributed by atoms with E-state index in [1.165, 1.54) is 92.2 Å². The molecular formula is C51H33NS. The van der Waals surface area contributed by atoms with Crippen molar-refractivity contribution in [3.8, 4) is 16.8 Å². The van der Waals surface area contributed by atoms with Crippen LogP contribution in [0.3, 0.4) is 0 Å². The lowest BCUT2D eigenvalue weighted by Gasteiger charge is -2.43. The number of aromatic nitrogens is 1. The minimum absolute atomic E-state index is 0.563. The lowest BCUT2D eigenvalue weighted by Crippen LogP contribution is -2.34. The Hall–Kier alpha value is -6.35. The topological polar surface area (TPSA) is 4.93 Å². The van der Waals surface area contributed by atoms with Crippen molar-refractivity contribution in [3.05, 3.63) is 222 Å². The van der Waals surface area contributed by atoms with Gasteiger partial charge in [-0.3, -0.25) is 0 Å². The molecule has 1 aliphatic heterocycles. The molecule has 1 aromatic heterocycles. The van der Waals surface area contributed by atoms with Crippen LogP contribution in [0.5, 0.6) is 0 Å². The molecule has 53 heavy (non-hydrogen) atoms. The van der Waals surface area contributed by atoms with Crippen molar-refractivity contribution in [1.29, 1.82) is 0 Å². The van der Waals surface area contributed by atoms with Crippen molar-refractivity contribution in [2.45, 2.75) is 15.2 Å². The molecule has 1 aliphatic rings. The number of hydrogen-bond donors (Lipinski definition) is 0. The zero-order chi connectivity index (χ0) is 34.9. The fourth-order valence-corrected chi connectivity index (χ4v) is 10.4. The van der Waals surface area contributed by atoms with Gasteiger partial charge in [0.1, 0.15) is 0 Å². The molecule has 0 amide bonds. The van der Waals surface area contributed by atoms with E-state index in [1.54, 1.807) is 0 Å². The smallest absolute Gasteiger partial charge is 0.0735 e. The molecule has 9 aromatic carbocycles. The number of para-hydroxylation sites is 2. The van der Waals surface area contributed by atoms with Crippen molar-refractivity contribution in [2.24, 2.45) is 0 Å². The zero-order valence-corrected chi connectivity index (χ0v) is 29.7. The van der Waals surface area contributed by atoms with Crippen LogP contribution in [-0.4, -0.2) is 4.57 Å². The molecule has 10 aromatic rings. The largest absolute Gasteiger partial charge is 0.309 e. The van der Waals surface area contributed by atoms with E-state index in [0.717, 1.165) is 0 Å². The van der Waals surface area contributed by atoms with Crippen LogP contribution in [-0.2, 0) is 5.41 Å². The monoisotopic (exact) mass is 691 g/mol. The first-order chi connectivity index (χ1) is 26.3. The summed E-state index contributed by atoms with van der Waals surface area (Å²) < 4.78 is 2.40. The summed E-state index contributed by atoms with van der Waals surface area (Å²) in [6, 6.07) is 74.1. The number of benzene rings is 9. The Labute approximate surface area is 312 Å². The maximum atomic E-state index is 2.41. The second kappa shape index (κ2) is 11.8. The van der Waals surface area contributed by atoms with Crippen LogP contribution in [0, 0.1) is 0 Å². The van der Waals surface area contributed by atoms with Gasteiger partial charge in [-0.25, -0.2) is 0 Å². The molecule has 0 bridgehead atoms. The van der Waals surface area contributed by atoms with Gasteiger partial charge in [0.25, 0.3) is 0 Å². The molecule has 0 radical (unpaired) electrons. The van der Waals surface area contributed by atoms with Crippen LogP contribution in [0.25, 0.3) is 60.2 Å². The molecule has 0 unspecified atom stereocenters. The molecule has 11 rings (SSSR count). The molecule has 0 saturated carbocycles. The summed E-state index contributed by atoms with van der Waals surface area (Å²) in [5, 5.41) is 7.64. The molecule has 2 heteroatoms. The van der Waals surface area contributed by atoms with Gasteiger partial charge in [-0.2, -0.15) is 0 Å². The molecule has 2 heterocycles. The van der Waals surface area contributed by atoms with Gasteiger partial charge in [-0.15, -0.1) is 0 Å². The normalized spacial score (nSPS) is 13.4. The summed E-state index contributed by atoms with van der Waals surface area (Å²) in [5.41, 5.74) is 10.7. The van der Waals surface area contributed by atoms with Crippen molar-refractivity contribution >= 4 is 55.1 Å². The molecule has 0 fully saturated rings. The molecule has 0 aliphatic carbocycles. The summed E-state index contributed by atoms with van der Waals surface area (Å²) in [6.45, 7) is 0. The molecule has 248 valence electrons. The number of fused-ring (bicyclic) bond motifs is 9. The lowest BCUT2D eigenvalue weighted by molar-refractivity contribution is 0.718. The molecular weight excluding hydrogens is 659 g/mol. The van der Waals surface area contributed by atoms with Gasteiger partial charge in [-0.1, -0.05) is 176 Å². The van der Waals surface area contributed by atoms with E-state index in [4.69, 9.17) is 0 Å². The Balaban J connectivity index is 1.22. The first kappa shape index (κ1) is 30.3. The quantitative estimate of drug-likeness (QED) is 0.178. The van der Waals surface area contributed by atoms with Crippen LogP contribution < -0.4 is 0 Å². The fourth-order valence-electron chi connectivity index (χ4n) is 9.14. The lowest BCUT2D eigenvalue weighted by atomic mass is 9.62. The first-order valence-corrected chi connectivity index (χ1v) is 19.1. The highest BCUT2D eigenvalue weighted by Gasteiger charge is 2.46. The third-order valence-electron chi connectivity index (χ3n) is 11.3. The summed E-state index contributed by atoms with van der Waals surface area (Å²) in [5.74, 6) is 0. The van der Waals surface area contributed by atoms with Gasteiger partial charge in [0.05, 0.1) is 16.4 Å². The van der Waals surface area contributed by atoms with Gasteiger partial charge in [0.2, 0.25) is 0 Å². The Morgan fingerprint density at radius 2 is 0.906 bits per heavy atom. The third kappa shape index (κ3) is 4.40. The predicted molar refractivity (Wildman–Crippen MR) is 224 cm³/mol. The van der Waals surface area contributed by atoms with Crippen molar-refractivity contribution < 1.29 is 0 Å². The van der Waals surface area contributed by atoms with Crippen LogP contribution in [0.4, 0.5) is 0 Å². The van der Waals surface area contributed by atoms with Crippen molar-refractivity contribution in [2.75, 3.05) is 0 Å². The van der Waals surface area contributed by atoms with Crippen LogP contribution in [0.2, 0.25) is 0 Å². The highest BCUT2D eigenvalue weighted by Crippen LogP contribution is 2.59. The summed E-state index contributed by atoms with van der Waals surface area (Å²) in [7, 11) is 0. The van der Waals surface area contributed by atoms with E-state index in [2.05, 4.69) is 205 Å². The first-order valence-electron chi connectivity index (χ1n) is 18.3. The average Bonchev–Trinajstić information content (AvgIpc) is 3.58.